The van der Waals surface area contributed by atoms with Crippen molar-refractivity contribution >= 4 is 32.9 Å². The summed E-state index contributed by atoms with van der Waals surface area (Å²) < 4.78 is 58.7. The molecule has 0 spiro atoms. The monoisotopic (exact) mass is 1340 g/mol. The number of phenolic OH excluding ortho intramolecular Hbond substituents is 1. The third-order valence-corrected chi connectivity index (χ3v) is 26.2. The molecule has 13 nitrogen and oxygen atoms in total. The number of aliphatic hydroxyl groups is 3. The van der Waals surface area contributed by atoms with Crippen molar-refractivity contribution in [3.63, 3.8) is 0 Å². The fourth-order valence-electron chi connectivity index (χ4n) is 20.5. The van der Waals surface area contributed by atoms with Crippen molar-refractivity contribution < 1.29 is 72.4 Å². The summed E-state index contributed by atoms with van der Waals surface area (Å²) in [5.74, 6) is 3.96. The topological polar surface area (TPSA) is 233 Å². The van der Waals surface area contributed by atoms with E-state index >= 15 is 0 Å². The van der Waals surface area contributed by atoms with Crippen molar-refractivity contribution in [2.45, 2.75) is 168 Å². The number of fused-ring (bicyclic) bond motifs is 10. The summed E-state index contributed by atoms with van der Waals surface area (Å²) >= 11 is 0. The number of ether oxygens (including phenoxy) is 2. The Balaban J connectivity index is 0.00000784. The number of aryl methyl sites for hydroxylation is 2. The van der Waals surface area contributed by atoms with Crippen LogP contribution in [0.5, 0.6) is 11.5 Å². The molecule has 7 aromatic rings. The van der Waals surface area contributed by atoms with Gasteiger partial charge in [-0.2, -0.15) is 0 Å². The van der Waals surface area contributed by atoms with E-state index in [0.717, 1.165) is 83.2 Å². The maximum absolute atomic E-state index is 14.6. The van der Waals surface area contributed by atoms with Gasteiger partial charge in [0.05, 0.1) is 33.2 Å². The van der Waals surface area contributed by atoms with Gasteiger partial charge in [-0.15, -0.1) is 0 Å². The minimum absolute atomic E-state index is 0. The SMILES string of the molecule is CNCc1cc2cccc3c2c2c1CCc1cc(C4CCC5CCC(C6(N=C(N)N)Oc7ccc8c(c7)CCC(C)C8CC(S(=O)(=O)[O-])C7C=C8CC(CC9CC(CO)CC#Cc%10cc(O)ccc%10C8O9)C7c7ccc6cc7)C(Cc6ccccc6)C5(O)C4)ccc1C(O)C2C=C3.[Na+]. The van der Waals surface area contributed by atoms with Crippen molar-refractivity contribution in [1.82, 2.24) is 5.32 Å². The normalized spacial score (nSPS) is 31.9. The van der Waals surface area contributed by atoms with Gasteiger partial charge in [0, 0.05) is 54.0 Å². The molecule has 98 heavy (non-hydrogen) atoms. The summed E-state index contributed by atoms with van der Waals surface area (Å²) in [7, 11) is -2.99. The second-order valence-corrected chi connectivity index (χ2v) is 31.9. The number of guanidine groups is 1. The molecular weight excluding hydrogens is 1250 g/mol. The van der Waals surface area contributed by atoms with Crippen LogP contribution in [0.15, 0.2) is 156 Å². The quantitative estimate of drug-likeness (QED) is 0.0179. The molecule has 10 bridgehead atoms. The first kappa shape index (κ1) is 67.3. The van der Waals surface area contributed by atoms with Gasteiger partial charge >= 0.3 is 29.6 Å². The number of allylic oxidation sites excluding steroid dienone is 1. The maximum atomic E-state index is 14.6. The number of hydrogen-bond donors (Lipinski definition) is 7. The molecule has 17 unspecified atom stereocenters. The number of nitrogens with one attached hydrogen (secondary N) is 1. The Kier molecular flexibility index (Phi) is 18.4. The predicted molar refractivity (Wildman–Crippen MR) is 377 cm³/mol. The third kappa shape index (κ3) is 12.0. The molecule has 0 aromatic heterocycles. The number of nitrogens with zero attached hydrogens (tertiary/aromatic N) is 1. The fourth-order valence-corrected chi connectivity index (χ4v) is 21.6. The summed E-state index contributed by atoms with van der Waals surface area (Å²) in [6.45, 7) is 2.81. The molecule has 7 aromatic carbocycles. The number of hydrogen-bond acceptors (Lipinski definition) is 11. The van der Waals surface area contributed by atoms with E-state index in [2.05, 4.69) is 133 Å². The first-order valence-corrected chi connectivity index (χ1v) is 37.2. The van der Waals surface area contributed by atoms with E-state index in [9.17, 15) is 33.4 Å². The van der Waals surface area contributed by atoms with E-state index in [-0.39, 0.29) is 102 Å². The number of nitrogens with two attached hydrogens (primary N) is 2. The van der Waals surface area contributed by atoms with Crippen molar-refractivity contribution in [3.8, 4) is 23.3 Å². The number of phenols is 1. The first-order chi connectivity index (χ1) is 46.9. The maximum Gasteiger partial charge on any atom is 1.00 e. The second kappa shape index (κ2) is 26.7. The number of rotatable bonds is 9. The van der Waals surface area contributed by atoms with E-state index in [1.54, 1.807) is 12.1 Å². The van der Waals surface area contributed by atoms with Crippen molar-refractivity contribution in [3.05, 3.63) is 229 Å². The minimum Gasteiger partial charge on any atom is -0.748 e. The number of aromatic hydroxyl groups is 1. The summed E-state index contributed by atoms with van der Waals surface area (Å²) in [5.41, 5.74) is 26.0. The molecule has 502 valence electrons. The van der Waals surface area contributed by atoms with Gasteiger partial charge in [-0.25, -0.2) is 13.4 Å². The van der Waals surface area contributed by atoms with Gasteiger partial charge in [-0.3, -0.25) is 0 Å². The Bertz CT molecular complexity index is 4500. The van der Waals surface area contributed by atoms with Gasteiger partial charge in [0.2, 0.25) is 5.72 Å². The van der Waals surface area contributed by atoms with E-state index in [1.807, 2.05) is 37.4 Å². The third-order valence-electron chi connectivity index (χ3n) is 24.9. The molecule has 17 atom stereocenters. The van der Waals surface area contributed by atoms with Crippen LogP contribution in [-0.4, -0.2) is 70.0 Å². The smallest absolute Gasteiger partial charge is 0.748 e. The molecule has 9 N–H and O–H groups in total. The van der Waals surface area contributed by atoms with Gasteiger partial charge in [-0.1, -0.05) is 140 Å². The molecule has 15 heteroatoms. The summed E-state index contributed by atoms with van der Waals surface area (Å²) in [6.07, 6.45) is 14.0. The van der Waals surface area contributed by atoms with E-state index < -0.39 is 62.6 Å². The Hall–Kier alpha value is -6.58. The van der Waals surface area contributed by atoms with Crippen LogP contribution in [0.3, 0.4) is 0 Å². The van der Waals surface area contributed by atoms with E-state index in [0.29, 0.717) is 74.7 Å². The average molecular weight is 1340 g/mol. The van der Waals surface area contributed by atoms with E-state index in [4.69, 9.17) is 25.9 Å². The molecule has 11 aliphatic rings. The Morgan fingerprint density at radius 1 is 0.837 bits per heavy atom. The zero-order valence-corrected chi connectivity index (χ0v) is 59.3. The van der Waals surface area contributed by atoms with Gasteiger partial charge < -0.3 is 51.2 Å². The molecule has 5 heterocycles. The molecular formula is C83H89N4NaO9S. The first-order valence-electron chi connectivity index (χ1n) is 35.7. The zero-order chi connectivity index (χ0) is 66.6. The van der Waals surface area contributed by atoms with Gasteiger partial charge in [0.25, 0.3) is 0 Å². The van der Waals surface area contributed by atoms with Crippen molar-refractivity contribution in [2.24, 2.45) is 57.9 Å². The minimum atomic E-state index is -4.98. The fraction of sp³-hybridized carbons (Fsp3) is 0.434. The predicted octanol–water partition coefficient (Wildman–Crippen LogP) is 10.2. The molecule has 0 amide bonds. The van der Waals surface area contributed by atoms with Crippen LogP contribution in [0.25, 0.3) is 16.8 Å². The van der Waals surface area contributed by atoms with Crippen LogP contribution < -0.4 is 51.1 Å². The number of aliphatic imine (C=N–C) groups is 1. The van der Waals surface area contributed by atoms with Crippen molar-refractivity contribution in [2.75, 3.05) is 13.7 Å². The van der Waals surface area contributed by atoms with Crippen LogP contribution in [0.1, 0.15) is 191 Å². The van der Waals surface area contributed by atoms with Crippen molar-refractivity contribution in [1.29, 1.82) is 0 Å². The average Bonchev–Trinajstić information content (AvgIpc) is 1.10. The molecule has 2 saturated carbocycles. The van der Waals surface area contributed by atoms with Crippen LogP contribution >= 0.6 is 0 Å². The number of benzene rings is 7. The largest absolute Gasteiger partial charge is 1.00 e. The second-order valence-electron chi connectivity index (χ2n) is 30.3. The van der Waals surface area contributed by atoms with Crippen LogP contribution in [-0.2, 0) is 52.8 Å². The molecule has 3 fully saturated rings. The summed E-state index contributed by atoms with van der Waals surface area (Å²) in [5, 5.41) is 53.4. The summed E-state index contributed by atoms with van der Waals surface area (Å²) in [6, 6.07) is 45.5. The van der Waals surface area contributed by atoms with Crippen LogP contribution in [0, 0.1) is 53.3 Å². The zero-order valence-electron chi connectivity index (χ0n) is 56.5. The molecule has 18 rings (SSSR count). The van der Waals surface area contributed by atoms with Crippen LogP contribution in [0.2, 0.25) is 0 Å². The Morgan fingerprint density at radius 2 is 1.62 bits per heavy atom. The van der Waals surface area contributed by atoms with Gasteiger partial charge in [0.15, 0.2) is 5.96 Å². The van der Waals surface area contributed by atoms with E-state index in [1.165, 1.54) is 38.6 Å². The van der Waals surface area contributed by atoms with Gasteiger partial charge in [0.1, 0.15) is 17.6 Å². The summed E-state index contributed by atoms with van der Waals surface area (Å²) in [4.78, 5) is 5.41. The van der Waals surface area contributed by atoms with Crippen LogP contribution in [0.4, 0.5) is 0 Å². The Morgan fingerprint density at radius 3 is 2.42 bits per heavy atom. The molecule has 0 radical (unpaired) electrons. The molecule has 1 saturated heterocycles. The van der Waals surface area contributed by atoms with Gasteiger partial charge in [-0.05, 0) is 252 Å². The molecule has 6 aliphatic carbocycles. The molecule has 5 aliphatic heterocycles. The number of aliphatic hydroxyl groups excluding tert-OH is 2. The Labute approximate surface area is 598 Å². The standard InChI is InChI=1S/C83H90N4O9S.Na/c1-47-14-15-55-40-64-27-32-66(55)71(47)43-75(97(92,93)94)72-42-59-38-58(41-65-34-49(46-88)10-6-12-53-39-63(89)26-31-69(53)80(59)95-65)76(72)51-16-23-62(24-17-51)83(96-64,87-81(84)85)73-33-25-61-22-18-57(44-82(61,91)74(73)35-48-8-4-3-5-9-48)52-20-29-68-54(36-52)21-28-67-60(45-86-2)37-56-13-7-11-50-19-30-70(79(68)90)78(67)77(50)56;/h3-5,7-9,11,13,16-17,19-20,23-24,26-27,29-32,36-37,39-40,42,47,49,57-58,61,65,70-76,79-80,86,88-91H,10,14-15,18,21-22,25,28,33-35,38,41,43-46H2,1-2H3,(H4,84,85,87)(H,92,93,94);/q;+1/p-1.